The predicted molar refractivity (Wildman–Crippen MR) is 113 cm³/mol. The molecule has 1 aromatic heterocycles. The first kappa shape index (κ1) is 20.1. The average molecular weight is 449 g/mol. The molecule has 2 aliphatic rings. The number of nitrogens with one attached hydrogen (secondary N) is 2. The van der Waals surface area contributed by atoms with E-state index >= 15 is 0 Å². The van der Waals surface area contributed by atoms with Crippen LogP contribution in [-0.2, 0) is 4.79 Å². The number of aromatic carboxylic acids is 1. The number of benzene rings is 1. The Balaban J connectivity index is 1.89. The Morgan fingerprint density at radius 1 is 1.27 bits per heavy atom. The largest absolute Gasteiger partial charge is 0.478 e. The second-order valence-electron chi connectivity index (χ2n) is 6.79. The number of carboxylic acids is 1. The van der Waals surface area contributed by atoms with Gasteiger partial charge in [-0.1, -0.05) is 53.5 Å². The van der Waals surface area contributed by atoms with Crippen molar-refractivity contribution in [2.24, 2.45) is 5.73 Å². The van der Waals surface area contributed by atoms with Crippen LogP contribution in [0.3, 0.4) is 0 Å². The number of anilines is 2. The third-order valence-corrected chi connectivity index (χ3v) is 5.80. The molecule has 1 aromatic carbocycles. The van der Waals surface area contributed by atoms with Crippen molar-refractivity contribution in [2.75, 3.05) is 16.9 Å². The number of nitrogens with two attached hydrogens (primary N) is 1. The molecule has 2 aromatic rings. The van der Waals surface area contributed by atoms with Gasteiger partial charge in [0, 0.05) is 6.20 Å². The van der Waals surface area contributed by atoms with Gasteiger partial charge in [0.15, 0.2) is 5.82 Å². The highest BCUT2D eigenvalue weighted by atomic mass is 35.5. The molecule has 0 radical (unpaired) electrons. The zero-order chi connectivity index (χ0) is 21.4. The Kier molecular flexibility index (Phi) is 5.31. The summed E-state index contributed by atoms with van der Waals surface area (Å²) in [7, 11) is 0. The van der Waals surface area contributed by atoms with Crippen molar-refractivity contribution in [3.63, 3.8) is 0 Å². The minimum atomic E-state index is -1.12. The van der Waals surface area contributed by atoms with E-state index in [0.29, 0.717) is 11.5 Å². The van der Waals surface area contributed by atoms with Crippen molar-refractivity contribution in [1.29, 1.82) is 0 Å². The van der Waals surface area contributed by atoms with Crippen molar-refractivity contribution in [3.05, 3.63) is 64.0 Å². The number of aromatic nitrogens is 1. The quantitative estimate of drug-likeness (QED) is 0.496. The second kappa shape index (κ2) is 7.92. The standard InChI is InChI=1S/C19H18Cl2N6O3/c20-15-16(21)26(9-24-15)13(8-12(22)28)27-14-11(19(29)30)6-7-23-17(14)25-18(27)10-4-2-1-3-5-10/h1-7,13,18,24H,8-9H2,(H2,22,28)(H,23,25)(H,29,30). The number of hydrogen-bond acceptors (Lipinski definition) is 7. The third kappa shape index (κ3) is 3.46. The van der Waals surface area contributed by atoms with Gasteiger partial charge in [-0.3, -0.25) is 4.79 Å². The fourth-order valence-corrected chi connectivity index (χ4v) is 4.13. The lowest BCUT2D eigenvalue weighted by Gasteiger charge is -2.40. The Morgan fingerprint density at radius 2 is 2.00 bits per heavy atom. The SMILES string of the molecule is NC(=O)CC(N1CNC(Cl)=C1Cl)N1c2c(C(=O)O)ccnc2NC1c1ccccc1. The molecule has 4 rings (SSSR count). The van der Waals surface area contributed by atoms with Gasteiger partial charge in [-0.15, -0.1) is 0 Å². The zero-order valence-corrected chi connectivity index (χ0v) is 17.1. The lowest BCUT2D eigenvalue weighted by atomic mass is 10.1. The van der Waals surface area contributed by atoms with Crippen molar-refractivity contribution < 1.29 is 14.7 Å². The highest BCUT2D eigenvalue weighted by molar-refractivity contribution is 6.39. The topological polar surface area (TPSA) is 124 Å². The molecule has 3 heterocycles. The van der Waals surface area contributed by atoms with Crippen LogP contribution in [0.25, 0.3) is 0 Å². The molecular formula is C19H18Cl2N6O3. The number of rotatable bonds is 6. The number of primary amides is 1. The van der Waals surface area contributed by atoms with Gasteiger partial charge in [-0.2, -0.15) is 0 Å². The third-order valence-electron chi connectivity index (χ3n) is 4.98. The van der Waals surface area contributed by atoms with Crippen LogP contribution in [0.5, 0.6) is 0 Å². The van der Waals surface area contributed by atoms with E-state index in [4.69, 9.17) is 28.9 Å². The zero-order valence-electron chi connectivity index (χ0n) is 15.5. The number of amides is 1. The number of carbonyl (C=O) groups excluding carboxylic acids is 1. The summed E-state index contributed by atoms with van der Waals surface area (Å²) in [5.74, 6) is -1.31. The Labute approximate surface area is 182 Å². The van der Waals surface area contributed by atoms with Crippen molar-refractivity contribution in [3.8, 4) is 0 Å². The number of halogens is 2. The summed E-state index contributed by atoms with van der Waals surface area (Å²) in [4.78, 5) is 31.7. The molecule has 5 N–H and O–H groups in total. The molecule has 11 heteroatoms. The average Bonchev–Trinajstić information content (AvgIpc) is 3.27. The first-order valence-electron chi connectivity index (χ1n) is 9.04. The van der Waals surface area contributed by atoms with Crippen LogP contribution in [0, 0.1) is 0 Å². The summed E-state index contributed by atoms with van der Waals surface area (Å²) in [5.41, 5.74) is 6.79. The van der Waals surface area contributed by atoms with Crippen LogP contribution >= 0.6 is 23.2 Å². The smallest absolute Gasteiger partial charge is 0.338 e. The Morgan fingerprint density at radius 3 is 2.60 bits per heavy atom. The molecule has 2 unspecified atom stereocenters. The summed E-state index contributed by atoms with van der Waals surface area (Å²) in [6.07, 6.45) is 0.0633. The van der Waals surface area contributed by atoms with E-state index in [2.05, 4.69) is 15.6 Å². The molecule has 0 aliphatic carbocycles. The molecule has 0 spiro atoms. The molecule has 30 heavy (non-hydrogen) atoms. The molecule has 0 bridgehead atoms. The maximum Gasteiger partial charge on any atom is 0.338 e. The van der Waals surface area contributed by atoms with Crippen molar-refractivity contribution in [2.45, 2.75) is 18.8 Å². The first-order chi connectivity index (χ1) is 14.4. The molecule has 2 aliphatic heterocycles. The van der Waals surface area contributed by atoms with Gasteiger partial charge < -0.3 is 31.3 Å². The van der Waals surface area contributed by atoms with Gasteiger partial charge in [-0.25, -0.2) is 9.78 Å². The molecule has 0 fully saturated rings. The number of carbonyl (C=O) groups is 2. The fraction of sp³-hybridized carbons (Fsp3) is 0.211. The minimum Gasteiger partial charge on any atom is -0.478 e. The van der Waals surface area contributed by atoms with E-state index in [1.165, 1.54) is 12.3 Å². The van der Waals surface area contributed by atoms with Crippen LogP contribution in [-0.4, -0.2) is 39.7 Å². The highest BCUT2D eigenvalue weighted by Gasteiger charge is 2.43. The van der Waals surface area contributed by atoms with Crippen molar-refractivity contribution in [1.82, 2.24) is 15.2 Å². The molecule has 156 valence electrons. The molecule has 9 nitrogen and oxygen atoms in total. The molecule has 2 atom stereocenters. The number of carboxylic acid groups (broad SMARTS) is 1. The monoisotopic (exact) mass is 448 g/mol. The van der Waals surface area contributed by atoms with E-state index in [0.717, 1.165) is 5.56 Å². The van der Waals surface area contributed by atoms with Crippen LogP contribution in [0.2, 0.25) is 0 Å². The molecule has 0 saturated heterocycles. The molecule has 1 amide bonds. The highest BCUT2D eigenvalue weighted by Crippen LogP contribution is 2.45. The number of nitrogens with zero attached hydrogens (tertiary/aromatic N) is 3. The molecular weight excluding hydrogens is 431 g/mol. The van der Waals surface area contributed by atoms with E-state index in [9.17, 15) is 14.7 Å². The summed E-state index contributed by atoms with van der Waals surface area (Å²) in [6.45, 7) is 0.228. The minimum absolute atomic E-state index is 0.0405. The van der Waals surface area contributed by atoms with Gasteiger partial charge in [0.05, 0.1) is 24.3 Å². The van der Waals surface area contributed by atoms with E-state index in [1.807, 2.05) is 30.3 Å². The fourth-order valence-electron chi connectivity index (χ4n) is 3.72. The van der Waals surface area contributed by atoms with Gasteiger partial charge in [0.25, 0.3) is 0 Å². The summed E-state index contributed by atoms with van der Waals surface area (Å²) >= 11 is 12.5. The number of pyridine rings is 1. The van der Waals surface area contributed by atoms with Crippen LogP contribution in [0.1, 0.15) is 28.5 Å². The van der Waals surface area contributed by atoms with Crippen molar-refractivity contribution >= 4 is 46.6 Å². The van der Waals surface area contributed by atoms with E-state index in [1.54, 1.807) is 9.80 Å². The predicted octanol–water partition coefficient (Wildman–Crippen LogP) is 2.38. The maximum atomic E-state index is 12.0. The van der Waals surface area contributed by atoms with Gasteiger partial charge in [0.2, 0.25) is 5.91 Å². The number of hydrogen-bond donors (Lipinski definition) is 4. The van der Waals surface area contributed by atoms with E-state index < -0.39 is 24.2 Å². The summed E-state index contributed by atoms with van der Waals surface area (Å²) in [6, 6.07) is 10.8. The van der Waals surface area contributed by atoms with Crippen LogP contribution in [0.15, 0.2) is 52.9 Å². The Hall–Kier alpha value is -3.17. The van der Waals surface area contributed by atoms with Crippen LogP contribution in [0.4, 0.5) is 11.5 Å². The number of fused-ring (bicyclic) bond motifs is 1. The van der Waals surface area contributed by atoms with Gasteiger partial charge >= 0.3 is 5.97 Å². The lowest BCUT2D eigenvalue weighted by Crippen LogP contribution is -2.51. The van der Waals surface area contributed by atoms with Crippen LogP contribution < -0.4 is 21.3 Å². The first-order valence-corrected chi connectivity index (χ1v) is 9.80. The second-order valence-corrected chi connectivity index (χ2v) is 7.52. The van der Waals surface area contributed by atoms with Gasteiger partial charge in [0.1, 0.15) is 22.6 Å². The van der Waals surface area contributed by atoms with Gasteiger partial charge in [-0.05, 0) is 11.6 Å². The normalized spacial score (nSPS) is 18.7. The lowest BCUT2D eigenvalue weighted by molar-refractivity contribution is -0.119. The Bertz CT molecular complexity index is 1030. The molecule has 0 saturated carbocycles. The van der Waals surface area contributed by atoms with E-state index in [-0.39, 0.29) is 29.0 Å². The summed E-state index contributed by atoms with van der Waals surface area (Å²) in [5, 5.41) is 16.4. The summed E-state index contributed by atoms with van der Waals surface area (Å²) < 4.78 is 0. The maximum absolute atomic E-state index is 12.0.